The molecule has 0 radical (unpaired) electrons. The normalized spacial score (nSPS) is 14.2. The molecule has 0 bridgehead atoms. The Kier molecular flexibility index (Phi) is 3.98. The number of aromatic nitrogens is 2. The summed E-state index contributed by atoms with van der Waals surface area (Å²) >= 11 is 0. The first-order chi connectivity index (χ1) is 9.04. The lowest BCUT2D eigenvalue weighted by molar-refractivity contribution is -0.137. The van der Waals surface area contributed by atoms with Crippen molar-refractivity contribution >= 4 is 12.0 Å². The second kappa shape index (κ2) is 5.68. The van der Waals surface area contributed by atoms with Gasteiger partial charge < -0.3 is 19.8 Å². The average molecular weight is 268 g/mol. The van der Waals surface area contributed by atoms with Gasteiger partial charge in [0, 0.05) is 6.54 Å². The zero-order chi connectivity index (χ0) is 13.8. The molecule has 0 atom stereocenters. The molecule has 0 aromatic carbocycles. The van der Waals surface area contributed by atoms with Gasteiger partial charge in [0.05, 0.1) is 6.54 Å². The SMILES string of the molecule is Cc1noc(CNC(=O)N(CC(=O)O)CC2CC2)n1. The number of carboxylic acid groups (broad SMARTS) is 1. The first-order valence-corrected chi connectivity index (χ1v) is 6.08. The fourth-order valence-electron chi connectivity index (χ4n) is 1.67. The molecule has 1 heterocycles. The lowest BCUT2D eigenvalue weighted by Gasteiger charge is -2.20. The summed E-state index contributed by atoms with van der Waals surface area (Å²) in [6.07, 6.45) is 2.10. The van der Waals surface area contributed by atoms with E-state index in [2.05, 4.69) is 15.5 Å². The van der Waals surface area contributed by atoms with Gasteiger partial charge in [-0.05, 0) is 25.7 Å². The number of aliphatic carboxylic acids is 1. The predicted octanol–water partition coefficient (Wildman–Crippen LogP) is 0.384. The van der Waals surface area contributed by atoms with Crippen LogP contribution in [-0.2, 0) is 11.3 Å². The molecule has 1 fully saturated rings. The second-order valence-corrected chi connectivity index (χ2v) is 4.61. The lowest BCUT2D eigenvalue weighted by atomic mass is 10.3. The van der Waals surface area contributed by atoms with Gasteiger partial charge in [0.1, 0.15) is 6.54 Å². The van der Waals surface area contributed by atoms with Crippen molar-refractivity contribution in [1.82, 2.24) is 20.4 Å². The van der Waals surface area contributed by atoms with E-state index in [1.807, 2.05) is 0 Å². The van der Waals surface area contributed by atoms with Gasteiger partial charge in [0.15, 0.2) is 5.82 Å². The van der Waals surface area contributed by atoms with Crippen molar-refractivity contribution < 1.29 is 19.2 Å². The van der Waals surface area contributed by atoms with Crippen molar-refractivity contribution in [2.75, 3.05) is 13.1 Å². The Labute approximate surface area is 109 Å². The number of aryl methyl sites for hydroxylation is 1. The van der Waals surface area contributed by atoms with Crippen molar-refractivity contribution in [2.24, 2.45) is 5.92 Å². The summed E-state index contributed by atoms with van der Waals surface area (Å²) in [6.45, 7) is 1.95. The minimum absolute atomic E-state index is 0.0977. The van der Waals surface area contributed by atoms with E-state index < -0.39 is 12.0 Å². The maximum absolute atomic E-state index is 11.9. The van der Waals surface area contributed by atoms with Crippen LogP contribution in [0, 0.1) is 12.8 Å². The summed E-state index contributed by atoms with van der Waals surface area (Å²) in [5.74, 6) is 0.192. The van der Waals surface area contributed by atoms with E-state index in [1.165, 1.54) is 4.90 Å². The smallest absolute Gasteiger partial charge is 0.323 e. The molecular weight excluding hydrogens is 252 g/mol. The minimum atomic E-state index is -1.02. The third-order valence-corrected chi connectivity index (χ3v) is 2.75. The van der Waals surface area contributed by atoms with Gasteiger partial charge in [-0.1, -0.05) is 5.16 Å². The number of rotatable bonds is 6. The van der Waals surface area contributed by atoms with E-state index in [9.17, 15) is 9.59 Å². The van der Waals surface area contributed by atoms with Gasteiger partial charge in [0.2, 0.25) is 5.89 Å². The molecule has 8 heteroatoms. The fourth-order valence-corrected chi connectivity index (χ4v) is 1.67. The van der Waals surface area contributed by atoms with E-state index >= 15 is 0 Å². The van der Waals surface area contributed by atoms with Crippen molar-refractivity contribution in [3.05, 3.63) is 11.7 Å². The largest absolute Gasteiger partial charge is 0.480 e. The molecule has 8 nitrogen and oxygen atoms in total. The lowest BCUT2D eigenvalue weighted by Crippen LogP contribution is -2.43. The van der Waals surface area contributed by atoms with Crippen LogP contribution < -0.4 is 5.32 Å². The van der Waals surface area contributed by atoms with Crippen LogP contribution in [0.3, 0.4) is 0 Å². The number of hydrogen-bond donors (Lipinski definition) is 2. The zero-order valence-corrected chi connectivity index (χ0v) is 10.6. The highest BCUT2D eigenvalue weighted by atomic mass is 16.5. The molecule has 0 unspecified atom stereocenters. The standard InChI is InChI=1S/C11H16N4O4/c1-7-13-9(19-14-7)4-12-11(18)15(6-10(16)17)5-8-2-3-8/h8H,2-6H2,1H3,(H,12,18)(H,16,17). The number of carboxylic acids is 1. The Hall–Kier alpha value is -2.12. The van der Waals surface area contributed by atoms with E-state index in [4.69, 9.17) is 9.63 Å². The second-order valence-electron chi connectivity index (χ2n) is 4.61. The van der Waals surface area contributed by atoms with Crippen molar-refractivity contribution in [3.8, 4) is 0 Å². The molecule has 1 aromatic rings. The van der Waals surface area contributed by atoms with Crippen LogP contribution in [0.1, 0.15) is 24.6 Å². The Morgan fingerprint density at radius 2 is 2.26 bits per heavy atom. The van der Waals surface area contributed by atoms with E-state index in [0.29, 0.717) is 24.2 Å². The van der Waals surface area contributed by atoms with Gasteiger partial charge in [0.25, 0.3) is 0 Å². The minimum Gasteiger partial charge on any atom is -0.480 e. The summed E-state index contributed by atoms with van der Waals surface area (Å²) < 4.78 is 4.86. The summed E-state index contributed by atoms with van der Waals surface area (Å²) in [5.41, 5.74) is 0. The molecule has 19 heavy (non-hydrogen) atoms. The van der Waals surface area contributed by atoms with Crippen LogP contribution in [0.5, 0.6) is 0 Å². The third kappa shape index (κ3) is 4.23. The van der Waals surface area contributed by atoms with Crippen LogP contribution in [0.4, 0.5) is 4.79 Å². The van der Waals surface area contributed by atoms with E-state index in [0.717, 1.165) is 12.8 Å². The van der Waals surface area contributed by atoms with Gasteiger partial charge in [-0.15, -0.1) is 0 Å². The average Bonchev–Trinajstić information content (AvgIpc) is 3.06. The molecule has 1 aliphatic rings. The summed E-state index contributed by atoms with van der Waals surface area (Å²) in [5, 5.41) is 15.0. The number of nitrogens with one attached hydrogen (secondary N) is 1. The summed E-state index contributed by atoms with van der Waals surface area (Å²) in [7, 11) is 0. The van der Waals surface area contributed by atoms with E-state index in [1.54, 1.807) is 6.92 Å². The molecule has 2 amide bonds. The highest BCUT2D eigenvalue weighted by Gasteiger charge is 2.28. The molecule has 1 saturated carbocycles. The fraction of sp³-hybridized carbons (Fsp3) is 0.636. The molecule has 1 aliphatic carbocycles. The van der Waals surface area contributed by atoms with Gasteiger partial charge in [-0.25, -0.2) is 4.79 Å². The monoisotopic (exact) mass is 268 g/mol. The van der Waals surface area contributed by atoms with Gasteiger partial charge >= 0.3 is 12.0 Å². The summed E-state index contributed by atoms with van der Waals surface area (Å²) in [6, 6.07) is -0.426. The van der Waals surface area contributed by atoms with Crippen molar-refractivity contribution in [2.45, 2.75) is 26.3 Å². The van der Waals surface area contributed by atoms with Crippen molar-refractivity contribution in [1.29, 1.82) is 0 Å². The maximum atomic E-state index is 11.9. The molecule has 0 aliphatic heterocycles. The van der Waals surface area contributed by atoms with Gasteiger partial charge in [-0.3, -0.25) is 4.79 Å². The third-order valence-electron chi connectivity index (χ3n) is 2.75. The quantitative estimate of drug-likeness (QED) is 0.772. The molecule has 2 N–H and O–H groups in total. The van der Waals surface area contributed by atoms with Crippen LogP contribution in [0.15, 0.2) is 4.52 Å². The van der Waals surface area contributed by atoms with Crippen LogP contribution in [0.25, 0.3) is 0 Å². The maximum Gasteiger partial charge on any atom is 0.323 e. The number of carbonyl (C=O) groups excluding carboxylic acids is 1. The van der Waals surface area contributed by atoms with Crippen LogP contribution in [-0.4, -0.2) is 45.2 Å². The molecule has 104 valence electrons. The number of carbonyl (C=O) groups is 2. The van der Waals surface area contributed by atoms with E-state index in [-0.39, 0.29) is 13.1 Å². The van der Waals surface area contributed by atoms with Crippen LogP contribution >= 0.6 is 0 Å². The Morgan fingerprint density at radius 1 is 1.53 bits per heavy atom. The molecule has 0 spiro atoms. The first kappa shape index (κ1) is 13.3. The first-order valence-electron chi connectivity index (χ1n) is 6.08. The Bertz CT molecular complexity index is 469. The van der Waals surface area contributed by atoms with Crippen LogP contribution in [0.2, 0.25) is 0 Å². The zero-order valence-electron chi connectivity index (χ0n) is 10.6. The molecule has 0 saturated heterocycles. The molecule has 1 aromatic heterocycles. The number of urea groups is 1. The van der Waals surface area contributed by atoms with Crippen molar-refractivity contribution in [3.63, 3.8) is 0 Å². The highest BCUT2D eigenvalue weighted by Crippen LogP contribution is 2.29. The summed E-state index contributed by atoms with van der Waals surface area (Å²) in [4.78, 5) is 27.9. The predicted molar refractivity (Wildman–Crippen MR) is 63.2 cm³/mol. The Morgan fingerprint density at radius 3 is 2.79 bits per heavy atom. The van der Waals surface area contributed by atoms with Gasteiger partial charge in [-0.2, -0.15) is 4.98 Å². The molecular formula is C11H16N4O4. The number of hydrogen-bond acceptors (Lipinski definition) is 5. The number of nitrogens with zero attached hydrogens (tertiary/aromatic N) is 3. The number of amides is 2. The molecule has 2 rings (SSSR count). The topological polar surface area (TPSA) is 109 Å². The highest BCUT2D eigenvalue weighted by molar-refractivity contribution is 5.80. The Balaban J connectivity index is 1.85.